The van der Waals surface area contributed by atoms with Crippen LogP contribution in [0.4, 0.5) is 0 Å². The van der Waals surface area contributed by atoms with Gasteiger partial charge in [0, 0.05) is 0 Å². The molecule has 0 rings (SSSR count). The number of allylic oxidation sites excluding steroid dienone is 2. The predicted molar refractivity (Wildman–Crippen MR) is 34.3 cm³/mol. The molecule has 0 fully saturated rings. The predicted octanol–water partition coefficient (Wildman–Crippen LogP) is 1.80. The molecule has 1 N–H and O–H groups in total. The molecule has 0 aromatic carbocycles. The third kappa shape index (κ3) is 1.78. The summed E-state index contributed by atoms with van der Waals surface area (Å²) >= 11 is 0. The van der Waals surface area contributed by atoms with Gasteiger partial charge in [-0.15, -0.1) is 0 Å². The average Bonchev–Trinajstić information content (AvgIpc) is 1.84. The first-order valence-corrected chi connectivity index (χ1v) is 2.54. The fourth-order valence-electron chi connectivity index (χ4n) is 0.288. The molecule has 8 heavy (non-hydrogen) atoms. The molecular weight excluding hydrogens is 102 g/mol. The van der Waals surface area contributed by atoms with Crippen molar-refractivity contribution in [3.8, 4) is 0 Å². The van der Waals surface area contributed by atoms with Crippen LogP contribution in [-0.2, 0) is 0 Å². The summed E-state index contributed by atoms with van der Waals surface area (Å²) in [7, 11) is 0. The van der Waals surface area contributed by atoms with Crippen molar-refractivity contribution >= 4 is 5.71 Å². The van der Waals surface area contributed by atoms with Gasteiger partial charge in [-0.3, -0.25) is 0 Å². The minimum Gasteiger partial charge on any atom is -0.411 e. The van der Waals surface area contributed by atoms with E-state index in [1.165, 1.54) is 0 Å². The number of rotatable bonds is 1. The van der Waals surface area contributed by atoms with Crippen molar-refractivity contribution in [3.63, 3.8) is 0 Å². The molecule has 0 unspecified atom stereocenters. The highest BCUT2D eigenvalue weighted by atomic mass is 16.4. The van der Waals surface area contributed by atoms with Gasteiger partial charge in [0.15, 0.2) is 0 Å². The van der Waals surface area contributed by atoms with Crippen LogP contribution in [-0.4, -0.2) is 10.9 Å². The van der Waals surface area contributed by atoms with E-state index in [1.807, 2.05) is 19.9 Å². The van der Waals surface area contributed by atoms with Gasteiger partial charge in [0.25, 0.3) is 0 Å². The molecule has 0 aromatic heterocycles. The molecule has 0 saturated heterocycles. The Morgan fingerprint density at radius 1 is 1.50 bits per heavy atom. The van der Waals surface area contributed by atoms with Gasteiger partial charge in [-0.25, -0.2) is 0 Å². The molecule has 0 radical (unpaired) electrons. The lowest BCUT2D eigenvalue weighted by Crippen LogP contribution is -1.90. The zero-order chi connectivity index (χ0) is 6.57. The second-order valence-electron chi connectivity index (χ2n) is 1.66. The maximum absolute atomic E-state index is 8.18. The van der Waals surface area contributed by atoms with E-state index in [-0.39, 0.29) is 0 Å². The highest BCUT2D eigenvalue weighted by molar-refractivity contribution is 5.97. The summed E-state index contributed by atoms with van der Waals surface area (Å²) in [4.78, 5) is 0. The normalized spacial score (nSPS) is 14.4. The zero-order valence-corrected chi connectivity index (χ0v) is 5.47. The van der Waals surface area contributed by atoms with Crippen molar-refractivity contribution < 1.29 is 5.21 Å². The largest absolute Gasteiger partial charge is 0.411 e. The van der Waals surface area contributed by atoms with E-state index < -0.39 is 0 Å². The molecule has 2 heteroatoms. The molecule has 46 valence electrons. The van der Waals surface area contributed by atoms with Crippen LogP contribution in [0.5, 0.6) is 0 Å². The molecule has 0 atom stereocenters. The molecule has 0 aliphatic rings. The SMILES string of the molecule is C/C=C(\C)C(C)=NO. The first kappa shape index (κ1) is 7.21. The van der Waals surface area contributed by atoms with Crippen molar-refractivity contribution in [1.29, 1.82) is 0 Å². The minimum absolute atomic E-state index is 0.674. The van der Waals surface area contributed by atoms with Crippen molar-refractivity contribution in [1.82, 2.24) is 0 Å². The number of nitrogens with zero attached hydrogens (tertiary/aromatic N) is 1. The third-order valence-corrected chi connectivity index (χ3v) is 1.15. The fourth-order valence-corrected chi connectivity index (χ4v) is 0.288. The zero-order valence-electron chi connectivity index (χ0n) is 5.47. The highest BCUT2D eigenvalue weighted by Crippen LogP contribution is 1.93. The lowest BCUT2D eigenvalue weighted by Gasteiger charge is -1.91. The smallest absolute Gasteiger partial charge is 0.0790 e. The van der Waals surface area contributed by atoms with Gasteiger partial charge in [-0.05, 0) is 26.3 Å². The topological polar surface area (TPSA) is 32.6 Å². The van der Waals surface area contributed by atoms with Crippen molar-refractivity contribution in [3.05, 3.63) is 11.6 Å². The molecular formula is C6H11NO. The quantitative estimate of drug-likeness (QED) is 0.314. The number of hydrogen-bond acceptors (Lipinski definition) is 2. The Balaban J connectivity index is 4.04. The summed E-state index contributed by atoms with van der Waals surface area (Å²) < 4.78 is 0. The van der Waals surface area contributed by atoms with Crippen LogP contribution in [0.3, 0.4) is 0 Å². The van der Waals surface area contributed by atoms with E-state index in [1.54, 1.807) is 6.92 Å². The Morgan fingerprint density at radius 2 is 2.00 bits per heavy atom. The molecule has 0 heterocycles. The maximum atomic E-state index is 8.18. The Morgan fingerprint density at radius 3 is 2.12 bits per heavy atom. The van der Waals surface area contributed by atoms with Crippen LogP contribution in [0.25, 0.3) is 0 Å². The molecule has 0 saturated carbocycles. The second kappa shape index (κ2) is 3.24. The molecule has 0 bridgehead atoms. The van der Waals surface area contributed by atoms with Crippen LogP contribution in [0.2, 0.25) is 0 Å². The molecule has 2 nitrogen and oxygen atoms in total. The van der Waals surface area contributed by atoms with Gasteiger partial charge >= 0.3 is 0 Å². The molecule has 0 aromatic rings. The van der Waals surface area contributed by atoms with Crippen molar-refractivity contribution in [2.24, 2.45) is 5.16 Å². The summed E-state index contributed by atoms with van der Waals surface area (Å²) in [5.74, 6) is 0. The third-order valence-electron chi connectivity index (χ3n) is 1.15. The van der Waals surface area contributed by atoms with Gasteiger partial charge in [0.2, 0.25) is 0 Å². The monoisotopic (exact) mass is 113 g/mol. The van der Waals surface area contributed by atoms with E-state index in [0.717, 1.165) is 5.57 Å². The highest BCUT2D eigenvalue weighted by Gasteiger charge is 1.89. The number of hydrogen-bond donors (Lipinski definition) is 1. The fraction of sp³-hybridized carbons (Fsp3) is 0.500. The standard InChI is InChI=1S/C6H11NO/c1-4-5(2)6(3)7-8/h4,8H,1-3H3/b5-4+,7-6?. The van der Waals surface area contributed by atoms with Crippen LogP contribution in [0.1, 0.15) is 20.8 Å². The maximum Gasteiger partial charge on any atom is 0.0790 e. The van der Waals surface area contributed by atoms with E-state index in [9.17, 15) is 0 Å². The molecule has 0 aliphatic heterocycles. The van der Waals surface area contributed by atoms with Gasteiger partial charge in [0.1, 0.15) is 0 Å². The average molecular weight is 113 g/mol. The Hall–Kier alpha value is -0.790. The first-order chi connectivity index (χ1) is 3.72. The lowest BCUT2D eigenvalue weighted by molar-refractivity contribution is 0.319. The van der Waals surface area contributed by atoms with E-state index in [4.69, 9.17) is 5.21 Å². The summed E-state index contributed by atoms with van der Waals surface area (Å²) in [6.07, 6.45) is 1.90. The summed E-state index contributed by atoms with van der Waals surface area (Å²) in [6, 6.07) is 0. The Bertz CT molecular complexity index is 108. The van der Waals surface area contributed by atoms with Gasteiger partial charge in [-0.2, -0.15) is 0 Å². The van der Waals surface area contributed by atoms with Crippen molar-refractivity contribution in [2.75, 3.05) is 0 Å². The minimum atomic E-state index is 0.674. The van der Waals surface area contributed by atoms with Crippen LogP contribution < -0.4 is 0 Å². The second-order valence-corrected chi connectivity index (χ2v) is 1.66. The first-order valence-electron chi connectivity index (χ1n) is 2.54. The summed E-state index contributed by atoms with van der Waals surface area (Å²) in [5, 5.41) is 11.2. The van der Waals surface area contributed by atoms with Gasteiger partial charge < -0.3 is 5.21 Å². The van der Waals surface area contributed by atoms with Crippen LogP contribution in [0, 0.1) is 0 Å². The molecule has 0 aliphatic carbocycles. The Labute approximate surface area is 49.5 Å². The molecule has 0 amide bonds. The van der Waals surface area contributed by atoms with Gasteiger partial charge in [0.05, 0.1) is 5.71 Å². The van der Waals surface area contributed by atoms with E-state index in [2.05, 4.69) is 5.16 Å². The van der Waals surface area contributed by atoms with Gasteiger partial charge in [-0.1, -0.05) is 11.2 Å². The van der Waals surface area contributed by atoms with E-state index >= 15 is 0 Å². The van der Waals surface area contributed by atoms with E-state index in [0.29, 0.717) is 5.71 Å². The Kier molecular flexibility index (Phi) is 2.92. The molecule has 0 spiro atoms. The van der Waals surface area contributed by atoms with Crippen LogP contribution >= 0.6 is 0 Å². The summed E-state index contributed by atoms with van der Waals surface area (Å²) in [6.45, 7) is 5.56. The number of oxime groups is 1. The van der Waals surface area contributed by atoms with Crippen LogP contribution in [0.15, 0.2) is 16.8 Å². The summed E-state index contributed by atoms with van der Waals surface area (Å²) in [5.41, 5.74) is 1.68. The van der Waals surface area contributed by atoms with Crippen molar-refractivity contribution in [2.45, 2.75) is 20.8 Å². The lowest BCUT2D eigenvalue weighted by atomic mass is 10.2.